The topological polar surface area (TPSA) is 67.9 Å². The Morgan fingerprint density at radius 2 is 1.92 bits per heavy atom. The number of hydrogen-bond acceptors (Lipinski definition) is 5. The van der Waals surface area contributed by atoms with E-state index in [0.717, 1.165) is 31.7 Å². The lowest BCUT2D eigenvalue weighted by atomic mass is 9.71. The molecule has 128 valence electrons. The monoisotopic (exact) mass is 330 g/mol. The number of hydrogen-bond donors (Lipinski definition) is 1. The molecular weight excluding hydrogens is 308 g/mol. The Bertz CT molecular complexity index is 717. The van der Waals surface area contributed by atoms with Crippen LogP contribution in [-0.2, 0) is 16.0 Å². The van der Waals surface area contributed by atoms with Gasteiger partial charge in [-0.3, -0.25) is 19.8 Å². The molecule has 4 rings (SSSR count). The molecule has 0 unspecified atom stereocenters. The normalized spacial score (nSPS) is 29.2. The summed E-state index contributed by atoms with van der Waals surface area (Å²) in [6, 6.07) is 4.24. The van der Waals surface area contributed by atoms with Crippen molar-refractivity contribution in [2.24, 2.45) is 5.41 Å². The maximum absolute atomic E-state index is 12.4. The van der Waals surface area contributed by atoms with Crippen LogP contribution in [0.3, 0.4) is 0 Å². The summed E-state index contributed by atoms with van der Waals surface area (Å²) in [5, 5.41) is 2.50. The van der Waals surface area contributed by atoms with Gasteiger partial charge >= 0.3 is 0 Å². The Morgan fingerprint density at radius 1 is 1.17 bits per heavy atom. The molecule has 3 aliphatic rings. The van der Waals surface area contributed by atoms with Gasteiger partial charge in [0, 0.05) is 19.0 Å². The van der Waals surface area contributed by atoms with Gasteiger partial charge in [-0.25, -0.2) is 0 Å². The van der Waals surface area contributed by atoms with Crippen molar-refractivity contribution in [2.75, 3.05) is 27.3 Å². The molecule has 6 nitrogen and oxygen atoms in total. The van der Waals surface area contributed by atoms with Gasteiger partial charge in [-0.05, 0) is 49.1 Å². The maximum Gasteiger partial charge on any atom is 0.233 e. The molecule has 24 heavy (non-hydrogen) atoms. The highest BCUT2D eigenvalue weighted by molar-refractivity contribution is 6.05. The summed E-state index contributed by atoms with van der Waals surface area (Å²) in [7, 11) is 3.28. The van der Waals surface area contributed by atoms with Gasteiger partial charge in [0.15, 0.2) is 11.5 Å². The number of amides is 2. The third-order valence-electron chi connectivity index (χ3n) is 5.81. The van der Waals surface area contributed by atoms with Gasteiger partial charge in [0.05, 0.1) is 19.6 Å². The average Bonchev–Trinajstić information content (AvgIpc) is 2.86. The average molecular weight is 330 g/mol. The number of benzene rings is 1. The van der Waals surface area contributed by atoms with E-state index < -0.39 is 5.41 Å². The molecule has 0 aliphatic carbocycles. The zero-order valence-electron chi connectivity index (χ0n) is 14.1. The first-order valence-electron chi connectivity index (χ1n) is 8.39. The first-order valence-corrected chi connectivity index (χ1v) is 8.39. The molecule has 2 atom stereocenters. The number of rotatable bonds is 2. The van der Waals surface area contributed by atoms with Crippen molar-refractivity contribution in [2.45, 2.75) is 31.7 Å². The lowest BCUT2D eigenvalue weighted by molar-refractivity contribution is -0.131. The summed E-state index contributed by atoms with van der Waals surface area (Å²) >= 11 is 0. The van der Waals surface area contributed by atoms with Gasteiger partial charge in [-0.15, -0.1) is 0 Å². The molecule has 0 radical (unpaired) electrons. The highest BCUT2D eigenvalue weighted by Gasteiger charge is 2.52. The minimum absolute atomic E-state index is 0.0975. The molecular formula is C18H22N2O4. The summed E-state index contributed by atoms with van der Waals surface area (Å²) in [5.41, 5.74) is 1.90. The number of carbonyl (C=O) groups is 2. The molecule has 1 aromatic carbocycles. The summed E-state index contributed by atoms with van der Waals surface area (Å²) in [5.74, 6) is 1.21. The van der Waals surface area contributed by atoms with Gasteiger partial charge in [-0.2, -0.15) is 0 Å². The van der Waals surface area contributed by atoms with Crippen LogP contribution in [0.5, 0.6) is 11.5 Å². The predicted octanol–water partition coefficient (Wildman–Crippen LogP) is 1.43. The lowest BCUT2D eigenvalue weighted by Crippen LogP contribution is -2.48. The van der Waals surface area contributed by atoms with E-state index in [2.05, 4.69) is 10.2 Å². The van der Waals surface area contributed by atoms with Gasteiger partial charge in [0.25, 0.3) is 0 Å². The molecule has 2 amide bonds. The molecule has 1 aromatic rings. The summed E-state index contributed by atoms with van der Waals surface area (Å²) in [6.07, 6.45) is 2.72. The minimum Gasteiger partial charge on any atom is -0.493 e. The van der Waals surface area contributed by atoms with Crippen molar-refractivity contribution in [1.82, 2.24) is 10.2 Å². The van der Waals surface area contributed by atoms with Crippen LogP contribution in [0.15, 0.2) is 12.1 Å². The van der Waals surface area contributed by atoms with E-state index in [-0.39, 0.29) is 17.9 Å². The summed E-state index contributed by atoms with van der Waals surface area (Å²) < 4.78 is 10.9. The number of imide groups is 1. The van der Waals surface area contributed by atoms with Crippen LogP contribution < -0.4 is 14.8 Å². The smallest absolute Gasteiger partial charge is 0.233 e. The van der Waals surface area contributed by atoms with E-state index in [1.54, 1.807) is 14.2 Å². The van der Waals surface area contributed by atoms with Gasteiger partial charge < -0.3 is 9.47 Å². The second kappa shape index (κ2) is 5.48. The van der Waals surface area contributed by atoms with Crippen molar-refractivity contribution >= 4 is 11.8 Å². The van der Waals surface area contributed by atoms with E-state index in [1.165, 1.54) is 11.1 Å². The van der Waals surface area contributed by atoms with Crippen molar-refractivity contribution in [3.05, 3.63) is 23.3 Å². The number of nitrogens with zero attached hydrogens (tertiary/aromatic N) is 1. The fourth-order valence-corrected chi connectivity index (χ4v) is 4.47. The molecule has 1 N–H and O–H groups in total. The molecule has 0 aromatic heterocycles. The van der Waals surface area contributed by atoms with Gasteiger partial charge in [0.2, 0.25) is 11.8 Å². The van der Waals surface area contributed by atoms with Gasteiger partial charge in [0.1, 0.15) is 0 Å². The van der Waals surface area contributed by atoms with Crippen LogP contribution >= 0.6 is 0 Å². The summed E-state index contributed by atoms with van der Waals surface area (Å²) in [6.45, 7) is 1.82. The standard InChI is InChI=1S/C18H22N2O4/c1-23-14-7-11-3-5-20-6-4-18(10-16(21)19-17(18)22)9-13(20)12(11)8-15(14)24-2/h7-8,13H,3-6,9-10H2,1-2H3,(H,19,21,22)/t13-,18-/m1/s1. The molecule has 1 spiro atoms. The number of ether oxygens (including phenoxy) is 2. The fourth-order valence-electron chi connectivity index (χ4n) is 4.47. The Hall–Kier alpha value is -2.08. The fraction of sp³-hybridized carbons (Fsp3) is 0.556. The molecule has 2 fully saturated rings. The van der Waals surface area contributed by atoms with Crippen molar-refractivity contribution in [3.8, 4) is 11.5 Å². The van der Waals surface area contributed by atoms with Crippen LogP contribution in [0, 0.1) is 5.41 Å². The molecule has 0 bridgehead atoms. The number of fused-ring (bicyclic) bond motifs is 3. The number of carbonyl (C=O) groups excluding carboxylic acids is 2. The minimum atomic E-state index is -0.542. The second-order valence-corrected chi connectivity index (χ2v) is 7.00. The van der Waals surface area contributed by atoms with E-state index in [9.17, 15) is 9.59 Å². The highest BCUT2D eigenvalue weighted by atomic mass is 16.5. The largest absolute Gasteiger partial charge is 0.493 e. The van der Waals surface area contributed by atoms with Crippen LogP contribution in [-0.4, -0.2) is 44.0 Å². The summed E-state index contributed by atoms with van der Waals surface area (Å²) in [4.78, 5) is 26.5. The quantitative estimate of drug-likeness (QED) is 0.831. The molecule has 3 aliphatic heterocycles. The maximum atomic E-state index is 12.4. The lowest BCUT2D eigenvalue weighted by Gasteiger charge is -2.46. The zero-order chi connectivity index (χ0) is 16.9. The number of nitrogens with one attached hydrogen (secondary N) is 1. The van der Waals surface area contributed by atoms with E-state index in [1.807, 2.05) is 12.1 Å². The van der Waals surface area contributed by atoms with E-state index in [0.29, 0.717) is 18.6 Å². The van der Waals surface area contributed by atoms with Gasteiger partial charge in [-0.1, -0.05) is 0 Å². The van der Waals surface area contributed by atoms with Crippen LogP contribution in [0.4, 0.5) is 0 Å². The Labute approximate surface area is 141 Å². The zero-order valence-corrected chi connectivity index (χ0v) is 14.1. The van der Waals surface area contributed by atoms with Crippen LogP contribution in [0.25, 0.3) is 0 Å². The SMILES string of the molecule is COc1cc2c(cc1OC)[C@H]1C[C@]3(CCN1CC2)CC(=O)NC3=O. The first kappa shape index (κ1) is 15.4. The Kier molecular flexibility index (Phi) is 3.53. The second-order valence-electron chi connectivity index (χ2n) is 7.00. The molecule has 2 saturated heterocycles. The highest BCUT2D eigenvalue weighted by Crippen LogP contribution is 2.49. The van der Waals surface area contributed by atoms with Crippen molar-refractivity contribution < 1.29 is 19.1 Å². The molecule has 0 saturated carbocycles. The van der Waals surface area contributed by atoms with E-state index in [4.69, 9.17) is 9.47 Å². The Balaban J connectivity index is 1.73. The van der Waals surface area contributed by atoms with Crippen LogP contribution in [0.2, 0.25) is 0 Å². The predicted molar refractivity (Wildman–Crippen MR) is 87.0 cm³/mol. The van der Waals surface area contributed by atoms with E-state index >= 15 is 0 Å². The van der Waals surface area contributed by atoms with Crippen LogP contribution in [0.1, 0.15) is 36.4 Å². The molecule has 3 heterocycles. The van der Waals surface area contributed by atoms with Crippen molar-refractivity contribution in [3.63, 3.8) is 0 Å². The Morgan fingerprint density at radius 3 is 2.58 bits per heavy atom. The first-order chi connectivity index (χ1) is 11.6. The number of methoxy groups -OCH3 is 2. The third-order valence-corrected chi connectivity index (χ3v) is 5.81. The molecule has 6 heteroatoms. The van der Waals surface area contributed by atoms with Crippen molar-refractivity contribution in [1.29, 1.82) is 0 Å². The number of piperidine rings is 1. The third kappa shape index (κ3) is 2.20.